The predicted octanol–water partition coefficient (Wildman–Crippen LogP) is 3.82. The first kappa shape index (κ1) is 18.7. The molecule has 0 heterocycles. The zero-order chi connectivity index (χ0) is 16.7. The van der Waals surface area contributed by atoms with Gasteiger partial charge in [-0.05, 0) is 13.8 Å². The molecule has 0 aliphatic heterocycles. The SMILES string of the molecule is C=C(C(=O)O)C(C)(C)C(F)(F)C(F)(F)C(F)(F)C(F)F. The lowest BCUT2D eigenvalue weighted by atomic mass is 9.74. The van der Waals surface area contributed by atoms with Gasteiger partial charge in [0.2, 0.25) is 0 Å². The molecular formula is C10H10F8O2. The van der Waals surface area contributed by atoms with Gasteiger partial charge in [0.05, 0.1) is 5.41 Å². The molecule has 0 aromatic rings. The van der Waals surface area contributed by atoms with Crippen LogP contribution in [0.1, 0.15) is 13.8 Å². The predicted molar refractivity (Wildman–Crippen MR) is 51.4 cm³/mol. The zero-order valence-corrected chi connectivity index (χ0v) is 10.2. The summed E-state index contributed by atoms with van der Waals surface area (Å²) in [5, 5.41) is 8.45. The van der Waals surface area contributed by atoms with Crippen molar-refractivity contribution in [1.29, 1.82) is 0 Å². The molecule has 0 aromatic heterocycles. The van der Waals surface area contributed by atoms with Crippen molar-refractivity contribution in [2.75, 3.05) is 0 Å². The molecule has 0 bridgehead atoms. The lowest BCUT2D eigenvalue weighted by molar-refractivity contribution is -0.357. The van der Waals surface area contributed by atoms with E-state index in [2.05, 4.69) is 6.58 Å². The van der Waals surface area contributed by atoms with Gasteiger partial charge in [0, 0.05) is 5.57 Å². The summed E-state index contributed by atoms with van der Waals surface area (Å²) in [4.78, 5) is 10.5. The number of rotatable bonds is 6. The van der Waals surface area contributed by atoms with Crippen molar-refractivity contribution in [3.63, 3.8) is 0 Å². The Bertz CT molecular complexity index is 413. The Morgan fingerprint density at radius 3 is 1.60 bits per heavy atom. The Morgan fingerprint density at radius 2 is 1.35 bits per heavy atom. The maximum Gasteiger partial charge on any atom is 0.378 e. The minimum absolute atomic E-state index is 0.193. The van der Waals surface area contributed by atoms with Crippen molar-refractivity contribution in [3.05, 3.63) is 12.2 Å². The van der Waals surface area contributed by atoms with E-state index in [9.17, 15) is 39.9 Å². The van der Waals surface area contributed by atoms with Crippen LogP contribution in [0, 0.1) is 5.41 Å². The van der Waals surface area contributed by atoms with Crippen LogP contribution in [0.15, 0.2) is 12.2 Å². The molecule has 0 unspecified atom stereocenters. The lowest BCUT2D eigenvalue weighted by Gasteiger charge is -2.41. The highest BCUT2D eigenvalue weighted by Crippen LogP contribution is 2.57. The average molecular weight is 314 g/mol. The molecule has 0 rings (SSSR count). The quantitative estimate of drug-likeness (QED) is 0.598. The highest BCUT2D eigenvalue weighted by atomic mass is 19.4. The van der Waals surface area contributed by atoms with Crippen LogP contribution in [-0.4, -0.2) is 35.3 Å². The van der Waals surface area contributed by atoms with Crippen LogP contribution in [-0.2, 0) is 4.79 Å². The molecule has 0 saturated carbocycles. The smallest absolute Gasteiger partial charge is 0.378 e. The molecule has 0 radical (unpaired) electrons. The second-order valence-electron chi connectivity index (χ2n) is 4.48. The molecule has 0 atom stereocenters. The van der Waals surface area contributed by atoms with E-state index >= 15 is 0 Å². The molecule has 10 heteroatoms. The molecule has 0 saturated heterocycles. The summed E-state index contributed by atoms with van der Waals surface area (Å²) in [5.74, 6) is -20.7. The first-order chi connectivity index (χ1) is 8.55. The van der Waals surface area contributed by atoms with Gasteiger partial charge in [0.15, 0.2) is 0 Å². The van der Waals surface area contributed by atoms with E-state index in [0.29, 0.717) is 0 Å². The summed E-state index contributed by atoms with van der Waals surface area (Å²) < 4.78 is 102. The van der Waals surface area contributed by atoms with Crippen molar-refractivity contribution < 1.29 is 45.0 Å². The van der Waals surface area contributed by atoms with E-state index in [4.69, 9.17) is 5.11 Å². The fraction of sp³-hybridized carbons (Fsp3) is 0.700. The third-order valence-electron chi connectivity index (χ3n) is 2.88. The van der Waals surface area contributed by atoms with Crippen molar-refractivity contribution in [2.45, 2.75) is 38.0 Å². The molecule has 118 valence electrons. The Balaban J connectivity index is 5.97. The van der Waals surface area contributed by atoms with E-state index in [-0.39, 0.29) is 13.8 Å². The minimum atomic E-state index is -6.48. The summed E-state index contributed by atoms with van der Waals surface area (Å²) in [5.41, 5.74) is -4.91. The molecule has 0 spiro atoms. The fourth-order valence-corrected chi connectivity index (χ4v) is 1.20. The van der Waals surface area contributed by atoms with E-state index in [1.165, 1.54) is 0 Å². The van der Waals surface area contributed by atoms with Crippen molar-refractivity contribution in [1.82, 2.24) is 0 Å². The van der Waals surface area contributed by atoms with Crippen LogP contribution >= 0.6 is 0 Å². The maximum absolute atomic E-state index is 13.6. The van der Waals surface area contributed by atoms with E-state index in [1.807, 2.05) is 0 Å². The summed E-state index contributed by atoms with van der Waals surface area (Å²) >= 11 is 0. The topological polar surface area (TPSA) is 37.3 Å². The molecule has 1 N–H and O–H groups in total. The Labute approximate surface area is 108 Å². The molecule has 0 aliphatic carbocycles. The normalized spacial score (nSPS) is 14.6. The first-order valence-corrected chi connectivity index (χ1v) is 4.89. The largest absolute Gasteiger partial charge is 0.478 e. The lowest BCUT2D eigenvalue weighted by Crippen LogP contribution is -2.63. The van der Waals surface area contributed by atoms with Gasteiger partial charge in [-0.15, -0.1) is 0 Å². The number of alkyl halides is 8. The minimum Gasteiger partial charge on any atom is -0.478 e. The van der Waals surface area contributed by atoms with Crippen LogP contribution < -0.4 is 0 Å². The fourth-order valence-electron chi connectivity index (χ4n) is 1.20. The Morgan fingerprint density at radius 1 is 1.00 bits per heavy atom. The number of aliphatic carboxylic acids is 1. The highest BCUT2D eigenvalue weighted by Gasteiger charge is 2.79. The number of hydrogen-bond donors (Lipinski definition) is 1. The van der Waals surface area contributed by atoms with Gasteiger partial charge in [-0.1, -0.05) is 6.58 Å². The molecule has 0 amide bonds. The third kappa shape index (κ3) is 2.35. The number of carbonyl (C=O) groups is 1. The number of carboxylic acid groups (broad SMARTS) is 1. The second kappa shape index (κ2) is 4.88. The van der Waals surface area contributed by atoms with Crippen LogP contribution in [0.3, 0.4) is 0 Å². The summed E-state index contributed by atoms with van der Waals surface area (Å²) in [6, 6.07) is 0. The average Bonchev–Trinajstić information content (AvgIpc) is 2.26. The van der Waals surface area contributed by atoms with Gasteiger partial charge in [0.1, 0.15) is 0 Å². The van der Waals surface area contributed by atoms with Crippen LogP contribution in [0.2, 0.25) is 0 Å². The molecule has 0 aromatic carbocycles. The van der Waals surface area contributed by atoms with Crippen molar-refractivity contribution in [2.24, 2.45) is 5.41 Å². The number of carboxylic acids is 1. The summed E-state index contributed by atoms with van der Waals surface area (Å²) in [7, 11) is 0. The number of halogens is 8. The monoisotopic (exact) mass is 314 g/mol. The van der Waals surface area contributed by atoms with Crippen LogP contribution in [0.5, 0.6) is 0 Å². The van der Waals surface area contributed by atoms with Gasteiger partial charge >= 0.3 is 30.2 Å². The van der Waals surface area contributed by atoms with E-state index < -0.39 is 41.2 Å². The molecular weight excluding hydrogens is 304 g/mol. The van der Waals surface area contributed by atoms with Crippen LogP contribution in [0.4, 0.5) is 35.1 Å². The van der Waals surface area contributed by atoms with Gasteiger partial charge in [-0.2, -0.15) is 26.3 Å². The van der Waals surface area contributed by atoms with Crippen molar-refractivity contribution >= 4 is 5.97 Å². The Kier molecular flexibility index (Phi) is 4.55. The summed E-state index contributed by atoms with van der Waals surface area (Å²) in [6.45, 7) is 2.97. The highest BCUT2D eigenvalue weighted by molar-refractivity contribution is 5.87. The standard InChI is InChI=1S/C10H10F8O2/c1-4(5(19)20)7(2,3)9(15,16)10(17,18)8(13,14)6(11)12/h6H,1H2,2-3H3,(H,19,20). The third-order valence-corrected chi connectivity index (χ3v) is 2.88. The van der Waals surface area contributed by atoms with Gasteiger partial charge in [-0.25, -0.2) is 13.6 Å². The first-order valence-electron chi connectivity index (χ1n) is 4.89. The zero-order valence-electron chi connectivity index (χ0n) is 10.2. The number of hydrogen-bond acceptors (Lipinski definition) is 1. The molecule has 20 heavy (non-hydrogen) atoms. The molecule has 0 aliphatic rings. The molecule has 2 nitrogen and oxygen atoms in total. The molecule has 0 fully saturated rings. The second-order valence-corrected chi connectivity index (χ2v) is 4.48. The van der Waals surface area contributed by atoms with Gasteiger partial charge in [-0.3, -0.25) is 0 Å². The van der Waals surface area contributed by atoms with Crippen molar-refractivity contribution in [3.8, 4) is 0 Å². The summed E-state index contributed by atoms with van der Waals surface area (Å²) in [6.07, 6.45) is -5.06. The van der Waals surface area contributed by atoms with E-state index in [0.717, 1.165) is 0 Å². The van der Waals surface area contributed by atoms with Crippen LogP contribution in [0.25, 0.3) is 0 Å². The maximum atomic E-state index is 13.6. The van der Waals surface area contributed by atoms with Gasteiger partial charge < -0.3 is 5.11 Å². The van der Waals surface area contributed by atoms with E-state index in [1.54, 1.807) is 0 Å². The van der Waals surface area contributed by atoms with Gasteiger partial charge in [0.25, 0.3) is 0 Å². The Hall–Kier alpha value is -1.35.